The van der Waals surface area contributed by atoms with Crippen LogP contribution in [0.4, 0.5) is 21.7 Å². The molecule has 0 saturated carbocycles. The van der Waals surface area contributed by atoms with Crippen molar-refractivity contribution >= 4 is 34.2 Å². The molecule has 12 nitrogen and oxygen atoms in total. The molecule has 1 saturated heterocycles. The second-order valence-electron chi connectivity index (χ2n) is 8.27. The Labute approximate surface area is 190 Å². The van der Waals surface area contributed by atoms with Crippen LogP contribution in [-0.4, -0.2) is 56.3 Å². The van der Waals surface area contributed by atoms with E-state index in [1.54, 1.807) is 9.47 Å². The van der Waals surface area contributed by atoms with Gasteiger partial charge in [-0.3, -0.25) is 14.9 Å². The van der Waals surface area contributed by atoms with Crippen LogP contribution in [0.3, 0.4) is 0 Å². The Morgan fingerprint density at radius 2 is 2.12 bits per heavy atom. The summed E-state index contributed by atoms with van der Waals surface area (Å²) in [5.41, 5.74) is -0.850. The van der Waals surface area contributed by atoms with E-state index in [0.717, 1.165) is 18.5 Å². The van der Waals surface area contributed by atoms with Crippen LogP contribution in [0.1, 0.15) is 29.7 Å². The van der Waals surface area contributed by atoms with E-state index in [0.29, 0.717) is 25.0 Å². The van der Waals surface area contributed by atoms with Gasteiger partial charge in [-0.15, -0.1) is 0 Å². The standard InChI is InChI=1S/C21H19FN6O6/c1-10-9-34-19-16-13(18(29)14(20(30)31)8-27(10)16)4-15(22)17(19)26-3-2-11(7-26)25-21-23-5-12(6-24-21)28(32)33/h4-6,8,10-11H,2-3,7,9H2,1H3,(H,30,31)(H,23,24,25)/t10-,11?/m0/s1. The number of aromatic nitrogens is 3. The van der Waals surface area contributed by atoms with Gasteiger partial charge in [0.2, 0.25) is 11.4 Å². The molecule has 2 atom stereocenters. The van der Waals surface area contributed by atoms with Crippen molar-refractivity contribution < 1.29 is 24.0 Å². The molecule has 176 valence electrons. The zero-order valence-electron chi connectivity index (χ0n) is 17.9. The molecule has 13 heteroatoms. The largest absolute Gasteiger partial charge is 0.487 e. The van der Waals surface area contributed by atoms with Gasteiger partial charge in [0.05, 0.1) is 21.9 Å². The van der Waals surface area contributed by atoms with Gasteiger partial charge in [-0.2, -0.15) is 0 Å². The molecule has 0 amide bonds. The molecule has 2 N–H and O–H groups in total. The number of aromatic carboxylic acids is 1. The highest BCUT2D eigenvalue weighted by molar-refractivity contribution is 5.97. The van der Waals surface area contributed by atoms with Crippen molar-refractivity contribution in [1.82, 2.24) is 14.5 Å². The molecule has 1 unspecified atom stereocenters. The second kappa shape index (κ2) is 7.93. The molecule has 2 aliphatic rings. The number of nitrogens with one attached hydrogen (secondary N) is 1. The van der Waals surface area contributed by atoms with Gasteiger partial charge in [-0.05, 0) is 19.4 Å². The average Bonchev–Trinajstić information content (AvgIpc) is 3.25. The van der Waals surface area contributed by atoms with E-state index >= 15 is 4.39 Å². The summed E-state index contributed by atoms with van der Waals surface area (Å²) in [4.78, 5) is 44.1. The van der Waals surface area contributed by atoms with Crippen molar-refractivity contribution in [2.45, 2.75) is 25.4 Å². The summed E-state index contributed by atoms with van der Waals surface area (Å²) in [5.74, 6) is -1.63. The van der Waals surface area contributed by atoms with E-state index in [-0.39, 0.29) is 47.1 Å². The molecular formula is C21H19FN6O6. The fourth-order valence-electron chi connectivity index (χ4n) is 4.41. The van der Waals surface area contributed by atoms with Gasteiger partial charge in [0.1, 0.15) is 30.3 Å². The molecule has 0 aliphatic carbocycles. The molecule has 0 bridgehead atoms. The molecule has 34 heavy (non-hydrogen) atoms. The Morgan fingerprint density at radius 1 is 1.38 bits per heavy atom. The zero-order chi connectivity index (χ0) is 24.1. The normalized spacial score (nSPS) is 19.2. The lowest BCUT2D eigenvalue weighted by Crippen LogP contribution is -2.30. The summed E-state index contributed by atoms with van der Waals surface area (Å²) in [6.45, 7) is 2.84. The Hall–Kier alpha value is -4.29. The van der Waals surface area contributed by atoms with E-state index in [1.807, 2.05) is 6.92 Å². The number of carbonyl (C=O) groups is 1. The number of anilines is 2. The highest BCUT2D eigenvalue weighted by Gasteiger charge is 2.33. The van der Waals surface area contributed by atoms with Crippen molar-refractivity contribution in [2.75, 3.05) is 29.9 Å². The number of hydrogen-bond donors (Lipinski definition) is 2. The minimum atomic E-state index is -1.37. The molecule has 2 aliphatic heterocycles. The first-order valence-corrected chi connectivity index (χ1v) is 10.5. The first-order valence-electron chi connectivity index (χ1n) is 10.5. The van der Waals surface area contributed by atoms with Crippen LogP contribution in [0, 0.1) is 15.9 Å². The number of halogens is 1. The van der Waals surface area contributed by atoms with Crippen LogP contribution >= 0.6 is 0 Å². The lowest BCUT2D eigenvalue weighted by atomic mass is 10.1. The summed E-state index contributed by atoms with van der Waals surface area (Å²) < 4.78 is 22.9. The lowest BCUT2D eigenvalue weighted by Gasteiger charge is -2.31. The number of benzene rings is 1. The van der Waals surface area contributed by atoms with Crippen LogP contribution in [-0.2, 0) is 0 Å². The van der Waals surface area contributed by atoms with Crippen molar-refractivity contribution in [3.63, 3.8) is 0 Å². The highest BCUT2D eigenvalue weighted by atomic mass is 19.1. The maximum atomic E-state index is 15.3. The monoisotopic (exact) mass is 470 g/mol. The number of ether oxygens (including phenoxy) is 1. The van der Waals surface area contributed by atoms with Gasteiger partial charge < -0.3 is 24.6 Å². The average molecular weight is 470 g/mol. The van der Waals surface area contributed by atoms with E-state index in [4.69, 9.17) is 4.74 Å². The Kier molecular flexibility index (Phi) is 5.03. The highest BCUT2D eigenvalue weighted by Crippen LogP contribution is 2.42. The summed E-state index contributed by atoms with van der Waals surface area (Å²) in [5, 5.41) is 23.2. The first-order chi connectivity index (χ1) is 16.2. The molecule has 0 radical (unpaired) electrons. The third-order valence-electron chi connectivity index (χ3n) is 6.06. The smallest absolute Gasteiger partial charge is 0.341 e. The summed E-state index contributed by atoms with van der Waals surface area (Å²) in [7, 11) is 0. The third kappa shape index (κ3) is 3.45. The van der Waals surface area contributed by atoms with Crippen LogP contribution in [0.15, 0.2) is 29.5 Å². The number of carboxylic acid groups (broad SMARTS) is 1. The minimum absolute atomic E-state index is 0.0455. The third-order valence-corrected chi connectivity index (χ3v) is 6.06. The first kappa shape index (κ1) is 21.6. The van der Waals surface area contributed by atoms with Gasteiger partial charge >= 0.3 is 11.7 Å². The van der Waals surface area contributed by atoms with Crippen LogP contribution in [0.5, 0.6) is 5.75 Å². The number of nitrogens with zero attached hydrogens (tertiary/aromatic N) is 5. The molecule has 5 rings (SSSR count). The van der Waals surface area contributed by atoms with Crippen molar-refractivity contribution in [1.29, 1.82) is 0 Å². The zero-order valence-corrected chi connectivity index (χ0v) is 17.9. The molecule has 0 spiro atoms. The molecule has 3 aromatic rings. The van der Waals surface area contributed by atoms with Gasteiger partial charge in [-0.25, -0.2) is 19.2 Å². The molecule has 1 fully saturated rings. The fraction of sp³-hybridized carbons (Fsp3) is 0.333. The Morgan fingerprint density at radius 3 is 2.79 bits per heavy atom. The quantitative estimate of drug-likeness (QED) is 0.419. The number of pyridine rings is 1. The SMILES string of the molecule is C[C@H]1COc2c(N3CCC(Nc4ncc([N+](=O)[O-])cn4)C3)c(F)cc3c(=O)c(C(=O)O)cn1c23. The van der Waals surface area contributed by atoms with E-state index < -0.39 is 27.7 Å². The predicted octanol–water partition coefficient (Wildman–Crippen LogP) is 2.18. The van der Waals surface area contributed by atoms with Gasteiger partial charge in [0, 0.05) is 25.3 Å². The fourth-order valence-corrected chi connectivity index (χ4v) is 4.41. The van der Waals surface area contributed by atoms with Crippen LogP contribution < -0.4 is 20.4 Å². The van der Waals surface area contributed by atoms with Gasteiger partial charge in [-0.1, -0.05) is 0 Å². The maximum Gasteiger partial charge on any atom is 0.341 e. The maximum absolute atomic E-state index is 15.3. The number of carboxylic acids is 1. The van der Waals surface area contributed by atoms with E-state index in [9.17, 15) is 24.8 Å². The molecule has 2 aromatic heterocycles. The van der Waals surface area contributed by atoms with E-state index in [1.165, 1.54) is 6.20 Å². The predicted molar refractivity (Wildman–Crippen MR) is 118 cm³/mol. The number of nitro groups is 1. The summed E-state index contributed by atoms with van der Waals surface area (Å²) in [6, 6.07) is 0.656. The van der Waals surface area contributed by atoms with Crippen LogP contribution in [0.2, 0.25) is 0 Å². The summed E-state index contributed by atoms with van der Waals surface area (Å²) >= 11 is 0. The molecular weight excluding hydrogens is 451 g/mol. The Balaban J connectivity index is 1.49. The second-order valence-corrected chi connectivity index (χ2v) is 8.27. The van der Waals surface area contributed by atoms with Gasteiger partial charge in [0.15, 0.2) is 11.6 Å². The summed E-state index contributed by atoms with van der Waals surface area (Å²) in [6.07, 6.45) is 4.10. The van der Waals surface area contributed by atoms with Crippen molar-refractivity contribution in [3.05, 3.63) is 56.4 Å². The number of hydrogen-bond acceptors (Lipinski definition) is 9. The lowest BCUT2D eigenvalue weighted by molar-refractivity contribution is -0.385. The Bertz CT molecular complexity index is 1390. The number of rotatable bonds is 5. The van der Waals surface area contributed by atoms with Crippen molar-refractivity contribution in [3.8, 4) is 5.75 Å². The van der Waals surface area contributed by atoms with Gasteiger partial charge in [0.25, 0.3) is 0 Å². The minimum Gasteiger partial charge on any atom is -0.487 e. The molecule has 1 aromatic carbocycles. The molecule has 4 heterocycles. The van der Waals surface area contributed by atoms with E-state index in [2.05, 4.69) is 15.3 Å². The van der Waals surface area contributed by atoms with Crippen molar-refractivity contribution in [2.24, 2.45) is 0 Å². The topological polar surface area (TPSA) is 153 Å². The van der Waals surface area contributed by atoms with Crippen LogP contribution in [0.25, 0.3) is 10.9 Å².